The molecule has 1 unspecified atom stereocenters. The Labute approximate surface area is 83.8 Å². The lowest BCUT2D eigenvalue weighted by Crippen LogP contribution is -1.90. The summed E-state index contributed by atoms with van der Waals surface area (Å²) in [5.41, 5.74) is 0.681. The van der Waals surface area contributed by atoms with E-state index in [0.29, 0.717) is 5.56 Å². The van der Waals surface area contributed by atoms with Gasteiger partial charge in [0.1, 0.15) is 0 Å². The van der Waals surface area contributed by atoms with E-state index in [4.69, 9.17) is 5.26 Å². The van der Waals surface area contributed by atoms with Gasteiger partial charge in [0.2, 0.25) is 6.08 Å². The highest BCUT2D eigenvalue weighted by molar-refractivity contribution is 9.10. The number of rotatable bonds is 2. The van der Waals surface area contributed by atoms with Crippen LogP contribution in [0.1, 0.15) is 11.6 Å². The maximum atomic E-state index is 9.98. The summed E-state index contributed by atoms with van der Waals surface area (Å²) in [4.78, 5) is 13.3. The van der Waals surface area contributed by atoms with E-state index < -0.39 is 6.04 Å². The van der Waals surface area contributed by atoms with Gasteiger partial charge in [0, 0.05) is 4.47 Å². The molecule has 0 aliphatic carbocycles. The molecule has 3 nitrogen and oxygen atoms in total. The number of halogens is 1. The molecule has 0 fully saturated rings. The highest BCUT2D eigenvalue weighted by Crippen LogP contribution is 2.19. The molecule has 0 N–H and O–H groups in total. The molecule has 4 heteroatoms. The lowest BCUT2D eigenvalue weighted by Gasteiger charge is -2.01. The summed E-state index contributed by atoms with van der Waals surface area (Å²) in [6.07, 6.45) is 1.37. The van der Waals surface area contributed by atoms with Crippen LogP contribution < -0.4 is 0 Å². The molecule has 64 valence electrons. The van der Waals surface area contributed by atoms with Crippen LogP contribution in [0.4, 0.5) is 0 Å². The Kier molecular flexibility index (Phi) is 3.39. The van der Waals surface area contributed by atoms with Crippen LogP contribution in [-0.2, 0) is 4.79 Å². The van der Waals surface area contributed by atoms with Crippen LogP contribution in [0.3, 0.4) is 0 Å². The minimum Gasteiger partial charge on any atom is -0.211 e. The fourth-order valence-electron chi connectivity index (χ4n) is 0.907. The normalized spacial score (nSPS) is 11.1. The predicted molar refractivity (Wildman–Crippen MR) is 50.6 cm³/mol. The fraction of sp³-hybridized carbons (Fsp3) is 0.111. The summed E-state index contributed by atoms with van der Waals surface area (Å²) in [6.45, 7) is 0. The Balaban J connectivity index is 3.06. The summed E-state index contributed by atoms with van der Waals surface area (Å²) in [7, 11) is 0. The molecule has 0 aliphatic heterocycles. The Bertz CT molecular complexity index is 391. The molecule has 0 heterocycles. The van der Waals surface area contributed by atoms with Crippen molar-refractivity contribution in [2.75, 3.05) is 0 Å². The summed E-state index contributed by atoms with van der Waals surface area (Å²) < 4.78 is 0.853. The van der Waals surface area contributed by atoms with Gasteiger partial charge < -0.3 is 0 Å². The SMILES string of the molecule is N#CC(N=C=O)c1cccc(Br)c1. The molecular weight excluding hydrogens is 232 g/mol. The van der Waals surface area contributed by atoms with Crippen LogP contribution in [0.5, 0.6) is 0 Å². The van der Waals surface area contributed by atoms with Crippen molar-refractivity contribution < 1.29 is 4.79 Å². The van der Waals surface area contributed by atoms with Gasteiger partial charge in [0.15, 0.2) is 6.04 Å². The van der Waals surface area contributed by atoms with Crippen molar-refractivity contribution in [3.8, 4) is 6.07 Å². The van der Waals surface area contributed by atoms with Crippen LogP contribution >= 0.6 is 15.9 Å². The third-order valence-electron chi connectivity index (χ3n) is 1.47. The summed E-state index contributed by atoms with van der Waals surface area (Å²) >= 11 is 3.26. The van der Waals surface area contributed by atoms with Gasteiger partial charge in [-0.25, -0.2) is 4.79 Å². The van der Waals surface area contributed by atoms with Gasteiger partial charge in [0.25, 0.3) is 0 Å². The fourth-order valence-corrected chi connectivity index (χ4v) is 1.32. The summed E-state index contributed by atoms with van der Waals surface area (Å²) in [6, 6.07) is 8.24. The second-order valence-corrected chi connectivity index (χ2v) is 3.22. The molecule has 0 bridgehead atoms. The van der Waals surface area contributed by atoms with Gasteiger partial charge >= 0.3 is 0 Å². The quantitative estimate of drug-likeness (QED) is 0.585. The second-order valence-electron chi connectivity index (χ2n) is 2.31. The number of nitriles is 1. The number of hydrogen-bond donors (Lipinski definition) is 0. The van der Waals surface area contributed by atoms with E-state index in [2.05, 4.69) is 20.9 Å². The first-order chi connectivity index (χ1) is 6.27. The second kappa shape index (κ2) is 4.56. The molecule has 1 aromatic rings. The Hall–Kier alpha value is -1.43. The lowest BCUT2D eigenvalue weighted by atomic mass is 10.1. The average molecular weight is 237 g/mol. The zero-order chi connectivity index (χ0) is 9.68. The molecule has 0 aromatic heterocycles. The van der Waals surface area contributed by atoms with Crippen molar-refractivity contribution in [3.05, 3.63) is 34.3 Å². The van der Waals surface area contributed by atoms with Crippen molar-refractivity contribution >= 4 is 22.0 Å². The Morgan fingerprint density at radius 2 is 2.31 bits per heavy atom. The zero-order valence-corrected chi connectivity index (χ0v) is 8.15. The number of carbonyl (C=O) groups excluding carboxylic acids is 1. The smallest absolute Gasteiger partial charge is 0.211 e. The van der Waals surface area contributed by atoms with E-state index in [1.807, 2.05) is 12.1 Å². The van der Waals surface area contributed by atoms with Crippen molar-refractivity contribution in [1.82, 2.24) is 0 Å². The van der Waals surface area contributed by atoms with Gasteiger partial charge in [-0.1, -0.05) is 28.1 Å². The number of nitrogens with zero attached hydrogens (tertiary/aromatic N) is 2. The van der Waals surface area contributed by atoms with Crippen LogP contribution in [-0.4, -0.2) is 6.08 Å². The number of hydrogen-bond acceptors (Lipinski definition) is 3. The summed E-state index contributed by atoms with van der Waals surface area (Å²) in [5.74, 6) is 0. The first-order valence-corrected chi connectivity index (χ1v) is 4.29. The van der Waals surface area contributed by atoms with Crippen molar-refractivity contribution in [1.29, 1.82) is 5.26 Å². The number of benzene rings is 1. The van der Waals surface area contributed by atoms with Crippen molar-refractivity contribution in [2.45, 2.75) is 6.04 Å². The molecule has 1 atom stereocenters. The molecular formula is C9H5BrN2O. The number of aliphatic imine (C=N–C) groups is 1. The first-order valence-electron chi connectivity index (χ1n) is 3.50. The first kappa shape index (κ1) is 9.66. The van der Waals surface area contributed by atoms with Crippen LogP contribution in [0, 0.1) is 11.3 Å². The molecule has 0 amide bonds. The van der Waals surface area contributed by atoms with Gasteiger partial charge in [-0.2, -0.15) is 10.3 Å². The summed E-state index contributed by atoms with van der Waals surface area (Å²) in [5, 5.41) is 8.66. The third-order valence-corrected chi connectivity index (χ3v) is 1.96. The van der Waals surface area contributed by atoms with Crippen molar-refractivity contribution in [2.24, 2.45) is 4.99 Å². The molecule has 0 aliphatic rings. The highest BCUT2D eigenvalue weighted by Gasteiger charge is 2.07. The van der Waals surface area contributed by atoms with E-state index in [1.165, 1.54) is 6.08 Å². The maximum Gasteiger partial charge on any atom is 0.236 e. The third kappa shape index (κ3) is 2.51. The lowest BCUT2D eigenvalue weighted by molar-refractivity contribution is 0.561. The van der Waals surface area contributed by atoms with E-state index in [9.17, 15) is 4.79 Å². The van der Waals surface area contributed by atoms with E-state index in [0.717, 1.165) is 4.47 Å². The molecule has 0 saturated carbocycles. The Morgan fingerprint density at radius 3 is 2.85 bits per heavy atom. The van der Waals surface area contributed by atoms with E-state index in [1.54, 1.807) is 18.2 Å². The zero-order valence-electron chi connectivity index (χ0n) is 6.57. The average Bonchev–Trinajstić information content (AvgIpc) is 2.14. The minimum atomic E-state index is -0.755. The van der Waals surface area contributed by atoms with Crippen LogP contribution in [0.2, 0.25) is 0 Å². The van der Waals surface area contributed by atoms with Gasteiger partial charge in [0.05, 0.1) is 6.07 Å². The van der Waals surface area contributed by atoms with E-state index in [-0.39, 0.29) is 0 Å². The molecule has 0 saturated heterocycles. The van der Waals surface area contributed by atoms with Gasteiger partial charge in [-0.15, -0.1) is 0 Å². The topological polar surface area (TPSA) is 53.2 Å². The standard InChI is InChI=1S/C9H5BrN2O/c10-8-3-1-2-7(4-8)9(5-11)12-6-13/h1-4,9H. The Morgan fingerprint density at radius 1 is 1.54 bits per heavy atom. The molecule has 0 radical (unpaired) electrons. The molecule has 1 rings (SSSR count). The predicted octanol–water partition coefficient (Wildman–Crippen LogP) is 2.35. The molecule has 13 heavy (non-hydrogen) atoms. The highest BCUT2D eigenvalue weighted by atomic mass is 79.9. The monoisotopic (exact) mass is 236 g/mol. The molecule has 1 aromatic carbocycles. The van der Waals surface area contributed by atoms with Crippen molar-refractivity contribution in [3.63, 3.8) is 0 Å². The minimum absolute atomic E-state index is 0.681. The maximum absolute atomic E-state index is 9.98. The molecule has 0 spiro atoms. The van der Waals surface area contributed by atoms with Gasteiger partial charge in [-0.05, 0) is 17.7 Å². The van der Waals surface area contributed by atoms with Crippen LogP contribution in [0.15, 0.2) is 33.7 Å². The largest absolute Gasteiger partial charge is 0.236 e. The van der Waals surface area contributed by atoms with Gasteiger partial charge in [-0.3, -0.25) is 0 Å². The van der Waals surface area contributed by atoms with Crippen LogP contribution in [0.25, 0.3) is 0 Å². The number of isocyanates is 1. The van der Waals surface area contributed by atoms with E-state index >= 15 is 0 Å².